The average molecular weight is 334 g/mol. The minimum Gasteiger partial charge on any atom is -0.477 e. The second kappa shape index (κ2) is 9.02. The minimum absolute atomic E-state index is 0.0469. The van der Waals surface area contributed by atoms with Crippen LogP contribution in [0.25, 0.3) is 0 Å². The fraction of sp³-hybridized carbons (Fsp3) is 0.684. The van der Waals surface area contributed by atoms with E-state index in [0.29, 0.717) is 24.8 Å². The molecule has 1 aliphatic rings. The maximum Gasteiger partial charge on any atom is 0.256 e. The molecule has 0 atom stereocenters. The van der Waals surface area contributed by atoms with Crippen LogP contribution >= 0.6 is 0 Å². The van der Waals surface area contributed by atoms with Crippen LogP contribution in [0.3, 0.4) is 0 Å². The van der Waals surface area contributed by atoms with Gasteiger partial charge in [-0.2, -0.15) is 0 Å². The number of rotatable bonds is 9. The summed E-state index contributed by atoms with van der Waals surface area (Å²) >= 11 is 0. The largest absolute Gasteiger partial charge is 0.477 e. The number of unbranched alkanes of at least 4 members (excludes halogenated alkanes) is 1. The summed E-state index contributed by atoms with van der Waals surface area (Å²) in [5, 5.41) is 2.99. The molecular weight excluding hydrogens is 304 g/mol. The Labute approximate surface area is 145 Å². The van der Waals surface area contributed by atoms with Gasteiger partial charge in [-0.15, -0.1) is 0 Å². The molecule has 1 fully saturated rings. The Morgan fingerprint density at radius 3 is 2.62 bits per heavy atom. The number of aromatic nitrogens is 1. The lowest BCUT2D eigenvalue weighted by Crippen LogP contribution is -2.43. The molecule has 1 aromatic rings. The highest BCUT2D eigenvalue weighted by molar-refractivity contribution is 5.97. The van der Waals surface area contributed by atoms with Crippen LogP contribution in [0.5, 0.6) is 5.88 Å². The van der Waals surface area contributed by atoms with Gasteiger partial charge in [-0.25, -0.2) is 4.98 Å². The molecule has 1 N–H and O–H groups in total. The molecule has 5 heteroatoms. The summed E-state index contributed by atoms with van der Waals surface area (Å²) in [6.45, 7) is 7.43. The van der Waals surface area contributed by atoms with Crippen molar-refractivity contribution in [3.63, 3.8) is 0 Å². The Morgan fingerprint density at radius 1 is 1.25 bits per heavy atom. The summed E-state index contributed by atoms with van der Waals surface area (Å²) in [4.78, 5) is 17.1. The molecule has 0 aliphatic heterocycles. The van der Waals surface area contributed by atoms with Crippen LogP contribution in [0.2, 0.25) is 0 Å². The van der Waals surface area contributed by atoms with Crippen LogP contribution < -0.4 is 10.1 Å². The Bertz CT molecular complexity index is 539. The van der Waals surface area contributed by atoms with E-state index in [1.165, 1.54) is 0 Å². The van der Waals surface area contributed by atoms with Crippen molar-refractivity contribution in [1.82, 2.24) is 4.98 Å². The molecule has 2 rings (SSSR count). The van der Waals surface area contributed by atoms with Crippen molar-refractivity contribution < 1.29 is 14.3 Å². The maximum atomic E-state index is 12.8. The molecule has 1 saturated carbocycles. The van der Waals surface area contributed by atoms with E-state index >= 15 is 0 Å². The topological polar surface area (TPSA) is 60.5 Å². The van der Waals surface area contributed by atoms with Crippen molar-refractivity contribution in [2.45, 2.75) is 71.3 Å². The number of anilines is 1. The number of amides is 1. The molecule has 24 heavy (non-hydrogen) atoms. The van der Waals surface area contributed by atoms with E-state index in [1.54, 1.807) is 6.20 Å². The molecule has 0 saturated heterocycles. The van der Waals surface area contributed by atoms with Gasteiger partial charge in [0.2, 0.25) is 5.88 Å². The fourth-order valence-electron chi connectivity index (χ4n) is 3.02. The molecule has 5 nitrogen and oxygen atoms in total. The average Bonchev–Trinajstić information content (AvgIpc) is 3.05. The molecule has 0 bridgehead atoms. The van der Waals surface area contributed by atoms with Gasteiger partial charge in [-0.1, -0.05) is 20.3 Å². The maximum absolute atomic E-state index is 12.8. The first kappa shape index (κ1) is 18.7. The number of carbonyl (C=O) groups excluding carboxylic acids is 1. The first-order valence-electron chi connectivity index (χ1n) is 9.16. The number of nitrogens with one attached hydrogen (secondary N) is 1. The minimum atomic E-state index is -0.666. The van der Waals surface area contributed by atoms with E-state index in [9.17, 15) is 4.79 Å². The monoisotopic (exact) mass is 334 g/mol. The predicted octanol–water partition coefficient (Wildman–Crippen LogP) is 4.25. The zero-order valence-electron chi connectivity index (χ0n) is 15.2. The van der Waals surface area contributed by atoms with E-state index in [0.717, 1.165) is 50.5 Å². The lowest BCUT2D eigenvalue weighted by atomic mass is 10.0. The number of ether oxygens (including phenoxy) is 2. The van der Waals surface area contributed by atoms with Gasteiger partial charge >= 0.3 is 0 Å². The Morgan fingerprint density at radius 2 is 2.00 bits per heavy atom. The van der Waals surface area contributed by atoms with Gasteiger partial charge in [0.05, 0.1) is 18.5 Å². The summed E-state index contributed by atoms with van der Waals surface area (Å²) in [6, 6.07) is 1.91. The zero-order valence-corrected chi connectivity index (χ0v) is 15.2. The molecule has 0 radical (unpaired) electrons. The number of hydrogen-bond donors (Lipinski definition) is 1. The third kappa shape index (κ3) is 4.69. The molecule has 1 amide bonds. The van der Waals surface area contributed by atoms with Crippen molar-refractivity contribution in [1.29, 1.82) is 0 Å². The molecule has 134 valence electrons. The predicted molar refractivity (Wildman–Crippen MR) is 95.4 cm³/mol. The molecule has 1 aliphatic carbocycles. The van der Waals surface area contributed by atoms with Gasteiger partial charge in [0.25, 0.3) is 5.91 Å². The van der Waals surface area contributed by atoms with Crippen molar-refractivity contribution in [3.8, 4) is 5.88 Å². The summed E-state index contributed by atoms with van der Waals surface area (Å²) in [5.74, 6) is 0.591. The molecule has 1 heterocycles. The summed E-state index contributed by atoms with van der Waals surface area (Å²) < 4.78 is 11.6. The normalized spacial score (nSPS) is 16.1. The van der Waals surface area contributed by atoms with Gasteiger partial charge in [0, 0.05) is 12.2 Å². The number of pyridine rings is 1. The molecule has 1 aromatic heterocycles. The third-order valence-corrected chi connectivity index (χ3v) is 4.43. The fourth-order valence-corrected chi connectivity index (χ4v) is 3.02. The highest BCUT2D eigenvalue weighted by Crippen LogP contribution is 2.34. The van der Waals surface area contributed by atoms with E-state index < -0.39 is 5.60 Å². The second-order valence-electron chi connectivity index (χ2n) is 6.55. The number of aryl methyl sites for hydroxylation is 1. The molecule has 0 aromatic carbocycles. The third-order valence-electron chi connectivity index (χ3n) is 4.43. The lowest BCUT2D eigenvalue weighted by Gasteiger charge is -2.28. The number of nitrogens with zero attached hydrogens (tertiary/aromatic N) is 1. The Balaban J connectivity index is 2.01. The number of carbonyl (C=O) groups is 1. The molecular formula is C19H30N2O3. The van der Waals surface area contributed by atoms with Crippen molar-refractivity contribution in [2.24, 2.45) is 0 Å². The van der Waals surface area contributed by atoms with Crippen LogP contribution in [-0.2, 0) is 9.53 Å². The van der Waals surface area contributed by atoms with Gasteiger partial charge in [0.1, 0.15) is 5.60 Å². The van der Waals surface area contributed by atoms with E-state index in [2.05, 4.69) is 24.1 Å². The summed E-state index contributed by atoms with van der Waals surface area (Å²) in [7, 11) is 0. The van der Waals surface area contributed by atoms with Gasteiger partial charge in [0.15, 0.2) is 0 Å². The highest BCUT2D eigenvalue weighted by Gasteiger charge is 2.42. The van der Waals surface area contributed by atoms with Crippen LogP contribution in [0.15, 0.2) is 12.3 Å². The second-order valence-corrected chi connectivity index (χ2v) is 6.55. The van der Waals surface area contributed by atoms with Gasteiger partial charge in [-0.05, 0) is 51.5 Å². The molecule has 0 unspecified atom stereocenters. The van der Waals surface area contributed by atoms with E-state index in [4.69, 9.17) is 9.47 Å². The Hall–Kier alpha value is -1.62. The van der Waals surface area contributed by atoms with Gasteiger partial charge < -0.3 is 14.8 Å². The van der Waals surface area contributed by atoms with E-state index in [-0.39, 0.29) is 5.91 Å². The van der Waals surface area contributed by atoms with Crippen LogP contribution in [-0.4, -0.2) is 29.7 Å². The van der Waals surface area contributed by atoms with Crippen LogP contribution in [0, 0.1) is 6.92 Å². The standard InChI is InChI=1S/C19H30N2O3/c1-4-6-12-23-17-15(3)13-16(14-20-17)21-18(22)19(24-11-5-2)9-7-8-10-19/h13-14H,4-12H2,1-3H3,(H,21,22). The molecule has 0 spiro atoms. The summed E-state index contributed by atoms with van der Waals surface area (Å²) in [5.41, 5.74) is 0.964. The quantitative estimate of drug-likeness (QED) is 0.686. The first-order valence-corrected chi connectivity index (χ1v) is 9.16. The van der Waals surface area contributed by atoms with Crippen LogP contribution in [0.1, 0.15) is 64.4 Å². The van der Waals surface area contributed by atoms with Crippen molar-refractivity contribution in [2.75, 3.05) is 18.5 Å². The van der Waals surface area contributed by atoms with Crippen molar-refractivity contribution in [3.05, 3.63) is 17.8 Å². The van der Waals surface area contributed by atoms with E-state index in [1.807, 2.05) is 13.0 Å². The lowest BCUT2D eigenvalue weighted by molar-refractivity contribution is -0.140. The van der Waals surface area contributed by atoms with Crippen LogP contribution in [0.4, 0.5) is 5.69 Å². The van der Waals surface area contributed by atoms with Crippen molar-refractivity contribution >= 4 is 11.6 Å². The highest BCUT2D eigenvalue weighted by atomic mass is 16.5. The zero-order chi connectivity index (χ0) is 17.4. The smallest absolute Gasteiger partial charge is 0.256 e. The Kier molecular flexibility index (Phi) is 7.03. The first-order chi connectivity index (χ1) is 11.6. The number of hydrogen-bond acceptors (Lipinski definition) is 4. The summed E-state index contributed by atoms with van der Waals surface area (Å²) in [6.07, 6.45) is 8.35. The SMILES string of the molecule is CCCCOc1ncc(NC(=O)C2(OCCC)CCCC2)cc1C. The van der Waals surface area contributed by atoms with Gasteiger partial charge in [-0.3, -0.25) is 4.79 Å².